The van der Waals surface area contributed by atoms with Gasteiger partial charge in [0.05, 0.1) is 10.6 Å². The van der Waals surface area contributed by atoms with Crippen LogP contribution in [-0.2, 0) is 9.84 Å². The zero-order valence-corrected chi connectivity index (χ0v) is 12.5. The third kappa shape index (κ3) is 3.72. The van der Waals surface area contributed by atoms with Crippen LogP contribution in [0.1, 0.15) is 39.5 Å². The number of hydrogen-bond donors (Lipinski definition) is 1. The molecule has 19 heavy (non-hydrogen) atoms. The molecule has 1 aromatic carbocycles. The van der Waals surface area contributed by atoms with Gasteiger partial charge in [-0.1, -0.05) is 13.8 Å². The van der Waals surface area contributed by atoms with E-state index in [1.54, 1.807) is 12.1 Å². The molecule has 3 nitrogen and oxygen atoms in total. The lowest BCUT2D eigenvalue weighted by atomic mass is 10.1. The second kappa shape index (κ2) is 5.95. The fourth-order valence-electron chi connectivity index (χ4n) is 2.72. The maximum atomic E-state index is 11.9. The fourth-order valence-corrected chi connectivity index (χ4v) is 4.04. The molecule has 0 radical (unpaired) electrons. The molecule has 1 aromatic rings. The molecule has 2 rings (SSSR count). The van der Waals surface area contributed by atoms with E-state index >= 15 is 0 Å². The first-order chi connectivity index (χ1) is 9.01. The number of hydrogen-bond acceptors (Lipinski definition) is 3. The predicted molar refractivity (Wildman–Crippen MR) is 79.2 cm³/mol. The Morgan fingerprint density at radius 3 is 2.42 bits per heavy atom. The Morgan fingerprint density at radius 2 is 1.89 bits per heavy atom. The minimum absolute atomic E-state index is 0.222. The minimum atomic E-state index is -3.09. The van der Waals surface area contributed by atoms with E-state index in [-0.39, 0.29) is 5.75 Å². The van der Waals surface area contributed by atoms with Crippen LogP contribution < -0.4 is 5.32 Å². The lowest BCUT2D eigenvalue weighted by Crippen LogP contribution is -2.15. The molecule has 1 fully saturated rings. The molecule has 1 N–H and O–H groups in total. The van der Waals surface area contributed by atoms with Crippen LogP contribution in [0, 0.1) is 5.92 Å². The molecule has 0 bridgehead atoms. The molecular formula is C15H23NO2S. The van der Waals surface area contributed by atoms with Gasteiger partial charge in [-0.05, 0) is 55.9 Å². The number of rotatable bonds is 5. The number of anilines is 1. The molecule has 0 aliphatic heterocycles. The molecule has 0 spiro atoms. The van der Waals surface area contributed by atoms with Crippen LogP contribution in [0.15, 0.2) is 29.2 Å². The van der Waals surface area contributed by atoms with Crippen molar-refractivity contribution < 1.29 is 8.42 Å². The van der Waals surface area contributed by atoms with Gasteiger partial charge in [-0.15, -0.1) is 0 Å². The van der Waals surface area contributed by atoms with Gasteiger partial charge in [-0.2, -0.15) is 0 Å². The molecule has 0 aromatic heterocycles. The predicted octanol–water partition coefficient (Wildman–Crippen LogP) is 3.47. The van der Waals surface area contributed by atoms with Crippen molar-refractivity contribution >= 4 is 15.5 Å². The lowest BCUT2D eigenvalue weighted by molar-refractivity contribution is 0.594. The van der Waals surface area contributed by atoms with Crippen LogP contribution in [0.2, 0.25) is 0 Å². The number of benzene rings is 1. The summed E-state index contributed by atoms with van der Waals surface area (Å²) in [6.07, 6.45) is 4.34. The molecule has 0 amide bonds. The van der Waals surface area contributed by atoms with Crippen LogP contribution in [-0.4, -0.2) is 20.2 Å². The van der Waals surface area contributed by atoms with Gasteiger partial charge in [0.1, 0.15) is 0 Å². The Labute approximate surface area is 116 Å². The van der Waals surface area contributed by atoms with Crippen LogP contribution in [0.25, 0.3) is 0 Å². The van der Waals surface area contributed by atoms with Crippen LogP contribution in [0.3, 0.4) is 0 Å². The van der Waals surface area contributed by atoms with E-state index in [2.05, 4.69) is 12.2 Å². The van der Waals surface area contributed by atoms with E-state index in [1.807, 2.05) is 19.1 Å². The van der Waals surface area contributed by atoms with E-state index in [0.29, 0.717) is 17.4 Å². The van der Waals surface area contributed by atoms with Gasteiger partial charge in [0.2, 0.25) is 0 Å². The third-order valence-electron chi connectivity index (χ3n) is 3.75. The highest BCUT2D eigenvalue weighted by Crippen LogP contribution is 2.27. The first-order valence-corrected chi connectivity index (χ1v) is 8.76. The van der Waals surface area contributed by atoms with Crippen LogP contribution in [0.5, 0.6) is 0 Å². The standard InChI is InChI=1S/C15H23NO2S/c1-3-10-19(17,18)15-8-6-13(7-9-15)16-14-5-4-12(2)11-14/h6-9,12,14,16H,3-5,10-11H2,1-2H3. The molecule has 106 valence electrons. The van der Waals surface area contributed by atoms with E-state index in [4.69, 9.17) is 0 Å². The average molecular weight is 281 g/mol. The summed E-state index contributed by atoms with van der Waals surface area (Å²) < 4.78 is 23.8. The molecule has 1 aliphatic carbocycles. The van der Waals surface area contributed by atoms with Crippen molar-refractivity contribution in [2.75, 3.05) is 11.1 Å². The SMILES string of the molecule is CCCS(=O)(=O)c1ccc(NC2CCC(C)C2)cc1. The van der Waals surface area contributed by atoms with E-state index in [0.717, 1.165) is 11.6 Å². The molecule has 0 saturated heterocycles. The maximum Gasteiger partial charge on any atom is 0.178 e. The van der Waals surface area contributed by atoms with Crippen molar-refractivity contribution in [1.82, 2.24) is 0 Å². The van der Waals surface area contributed by atoms with Gasteiger partial charge >= 0.3 is 0 Å². The molecule has 1 saturated carbocycles. The van der Waals surface area contributed by atoms with Crippen molar-refractivity contribution in [2.24, 2.45) is 5.92 Å². The normalized spacial score (nSPS) is 23.5. The van der Waals surface area contributed by atoms with Crippen molar-refractivity contribution in [1.29, 1.82) is 0 Å². The first kappa shape index (κ1) is 14.4. The summed E-state index contributed by atoms with van der Waals surface area (Å²) in [5, 5.41) is 3.49. The zero-order valence-electron chi connectivity index (χ0n) is 11.7. The van der Waals surface area contributed by atoms with Gasteiger partial charge in [0, 0.05) is 11.7 Å². The van der Waals surface area contributed by atoms with Crippen molar-refractivity contribution in [3.05, 3.63) is 24.3 Å². The number of nitrogens with one attached hydrogen (secondary N) is 1. The highest BCUT2D eigenvalue weighted by atomic mass is 32.2. The largest absolute Gasteiger partial charge is 0.382 e. The molecule has 2 unspecified atom stereocenters. The first-order valence-electron chi connectivity index (χ1n) is 7.10. The quantitative estimate of drug-likeness (QED) is 0.899. The maximum absolute atomic E-state index is 11.9. The summed E-state index contributed by atoms with van der Waals surface area (Å²) in [5.41, 5.74) is 1.02. The van der Waals surface area contributed by atoms with Crippen molar-refractivity contribution in [3.63, 3.8) is 0 Å². The smallest absolute Gasteiger partial charge is 0.178 e. The monoisotopic (exact) mass is 281 g/mol. The summed E-state index contributed by atoms with van der Waals surface area (Å²) >= 11 is 0. The van der Waals surface area contributed by atoms with Crippen molar-refractivity contribution in [2.45, 2.75) is 50.5 Å². The molecular weight excluding hydrogens is 258 g/mol. The van der Waals surface area contributed by atoms with Gasteiger partial charge in [-0.3, -0.25) is 0 Å². The Kier molecular flexibility index (Phi) is 4.50. The van der Waals surface area contributed by atoms with Gasteiger partial charge in [-0.25, -0.2) is 8.42 Å². The van der Waals surface area contributed by atoms with Gasteiger partial charge in [0.15, 0.2) is 9.84 Å². The summed E-state index contributed by atoms with van der Waals surface area (Å²) in [7, 11) is -3.09. The summed E-state index contributed by atoms with van der Waals surface area (Å²) in [5.74, 6) is 1.02. The summed E-state index contributed by atoms with van der Waals surface area (Å²) in [6, 6.07) is 7.72. The topological polar surface area (TPSA) is 46.2 Å². The Hall–Kier alpha value is -1.03. The zero-order chi connectivity index (χ0) is 13.9. The lowest BCUT2D eigenvalue weighted by Gasteiger charge is -2.14. The Balaban J connectivity index is 2.02. The highest BCUT2D eigenvalue weighted by molar-refractivity contribution is 7.91. The Morgan fingerprint density at radius 1 is 1.21 bits per heavy atom. The summed E-state index contributed by atoms with van der Waals surface area (Å²) in [4.78, 5) is 0.430. The minimum Gasteiger partial charge on any atom is -0.382 e. The van der Waals surface area contributed by atoms with Crippen molar-refractivity contribution in [3.8, 4) is 0 Å². The van der Waals surface area contributed by atoms with Gasteiger partial charge in [0.25, 0.3) is 0 Å². The average Bonchev–Trinajstić information content (AvgIpc) is 2.75. The highest BCUT2D eigenvalue weighted by Gasteiger charge is 2.21. The second-order valence-corrected chi connectivity index (χ2v) is 7.71. The van der Waals surface area contributed by atoms with E-state index < -0.39 is 9.84 Å². The number of sulfone groups is 1. The van der Waals surface area contributed by atoms with Gasteiger partial charge < -0.3 is 5.32 Å². The molecule has 4 heteroatoms. The van der Waals surface area contributed by atoms with Crippen LogP contribution >= 0.6 is 0 Å². The van der Waals surface area contributed by atoms with E-state index in [1.165, 1.54) is 19.3 Å². The van der Waals surface area contributed by atoms with Crippen LogP contribution in [0.4, 0.5) is 5.69 Å². The molecule has 0 heterocycles. The van der Waals surface area contributed by atoms with E-state index in [9.17, 15) is 8.42 Å². The second-order valence-electron chi connectivity index (χ2n) is 5.60. The summed E-state index contributed by atoms with van der Waals surface area (Å²) in [6.45, 7) is 4.16. The Bertz CT molecular complexity index is 507. The molecule has 2 atom stereocenters. The molecule has 1 aliphatic rings. The fraction of sp³-hybridized carbons (Fsp3) is 0.600. The third-order valence-corrected chi connectivity index (χ3v) is 5.69.